The lowest BCUT2D eigenvalue weighted by Crippen LogP contribution is -2.21. The maximum absolute atomic E-state index is 13.0. The first-order valence-corrected chi connectivity index (χ1v) is 8.48. The van der Waals surface area contributed by atoms with E-state index in [1.165, 1.54) is 17.4 Å². The highest BCUT2D eigenvalue weighted by atomic mass is 32.1. The van der Waals surface area contributed by atoms with Crippen LogP contribution in [0.15, 0.2) is 6.07 Å². The zero-order valence-electron chi connectivity index (χ0n) is 13.1. The normalized spacial score (nSPS) is 13.6. The van der Waals surface area contributed by atoms with Crippen LogP contribution in [0.1, 0.15) is 46.7 Å². The summed E-state index contributed by atoms with van der Waals surface area (Å²) in [4.78, 5) is 13.4. The van der Waals surface area contributed by atoms with Crippen LogP contribution >= 0.6 is 11.3 Å². The minimum atomic E-state index is -2.69. The Morgan fingerprint density at radius 2 is 2.25 bits per heavy atom. The van der Waals surface area contributed by atoms with Gasteiger partial charge in [-0.05, 0) is 44.2 Å². The molecule has 3 rings (SSSR count). The van der Waals surface area contributed by atoms with Crippen molar-refractivity contribution in [3.05, 3.63) is 33.5 Å². The van der Waals surface area contributed by atoms with Gasteiger partial charge in [0.05, 0.1) is 11.3 Å². The summed E-state index contributed by atoms with van der Waals surface area (Å²) in [6.45, 7) is 1.29. The van der Waals surface area contributed by atoms with Crippen LogP contribution in [0.3, 0.4) is 0 Å². The van der Waals surface area contributed by atoms with Crippen molar-refractivity contribution in [1.82, 2.24) is 9.78 Å². The van der Waals surface area contributed by atoms with Crippen molar-refractivity contribution < 1.29 is 13.6 Å². The lowest BCUT2D eigenvalue weighted by molar-refractivity contribution is -0.117. The fourth-order valence-corrected chi connectivity index (χ4v) is 4.20. The third kappa shape index (κ3) is 3.17. The molecule has 1 N–H and O–H groups in total. The van der Waals surface area contributed by atoms with E-state index in [4.69, 9.17) is 0 Å². The zero-order chi connectivity index (χ0) is 17.3. The molecule has 2 aromatic heterocycles. The number of thiophene rings is 1. The Hall–Kier alpha value is -2.27. The smallest absolute Gasteiger partial charge is 0.280 e. The van der Waals surface area contributed by atoms with Gasteiger partial charge in [-0.3, -0.25) is 9.48 Å². The van der Waals surface area contributed by atoms with E-state index in [9.17, 15) is 18.8 Å². The van der Waals surface area contributed by atoms with Crippen LogP contribution in [0.5, 0.6) is 0 Å². The summed E-state index contributed by atoms with van der Waals surface area (Å²) in [6, 6.07) is 3.43. The van der Waals surface area contributed by atoms with Gasteiger partial charge < -0.3 is 5.32 Å². The number of nitriles is 1. The van der Waals surface area contributed by atoms with E-state index in [0.717, 1.165) is 40.8 Å². The molecule has 2 aromatic rings. The maximum atomic E-state index is 13.0. The lowest BCUT2D eigenvalue weighted by atomic mass is 9.96. The number of carbonyl (C=O) groups excluding carboxylic acids is 1. The van der Waals surface area contributed by atoms with Gasteiger partial charge >= 0.3 is 0 Å². The highest BCUT2D eigenvalue weighted by Gasteiger charge is 2.23. The number of alkyl halides is 2. The summed E-state index contributed by atoms with van der Waals surface area (Å²) in [5, 5.41) is 16.5. The average molecular weight is 350 g/mol. The molecule has 0 atom stereocenters. The molecular weight excluding hydrogens is 334 g/mol. The molecule has 0 spiro atoms. The van der Waals surface area contributed by atoms with Crippen LogP contribution in [-0.4, -0.2) is 15.7 Å². The number of hydrogen-bond donors (Lipinski definition) is 1. The van der Waals surface area contributed by atoms with E-state index in [0.29, 0.717) is 16.3 Å². The molecule has 8 heteroatoms. The zero-order valence-corrected chi connectivity index (χ0v) is 13.9. The average Bonchev–Trinajstić information content (AvgIpc) is 3.06. The number of nitrogens with zero attached hydrogens (tertiary/aromatic N) is 3. The summed E-state index contributed by atoms with van der Waals surface area (Å²) in [5.74, 6) is -0.463. The SMILES string of the molecule is Cc1cc(C(F)F)n(CC(=O)Nc2sc3c(c2C#N)CCCC3)n1. The molecular formula is C16H16F2N4OS. The molecule has 0 fully saturated rings. The Morgan fingerprint density at radius 1 is 1.50 bits per heavy atom. The number of carbonyl (C=O) groups is 1. The number of halogens is 2. The van der Waals surface area contributed by atoms with Crippen LogP contribution < -0.4 is 5.32 Å². The Labute approximate surface area is 141 Å². The van der Waals surface area contributed by atoms with Crippen molar-refractivity contribution >= 4 is 22.2 Å². The van der Waals surface area contributed by atoms with Gasteiger partial charge in [-0.1, -0.05) is 0 Å². The fourth-order valence-electron chi connectivity index (χ4n) is 2.94. The second-order valence-corrected chi connectivity index (χ2v) is 6.85. The van der Waals surface area contributed by atoms with Crippen LogP contribution in [0.25, 0.3) is 0 Å². The molecule has 1 aliphatic carbocycles. The quantitative estimate of drug-likeness (QED) is 0.916. The molecule has 126 valence electrons. The topological polar surface area (TPSA) is 70.7 Å². The molecule has 1 amide bonds. The molecule has 0 aliphatic heterocycles. The molecule has 0 bridgehead atoms. The maximum Gasteiger partial charge on any atom is 0.280 e. The Balaban J connectivity index is 1.79. The van der Waals surface area contributed by atoms with E-state index >= 15 is 0 Å². The van der Waals surface area contributed by atoms with Crippen molar-refractivity contribution in [2.24, 2.45) is 0 Å². The Kier molecular flexibility index (Phi) is 4.62. The number of nitrogens with one attached hydrogen (secondary N) is 1. The van der Waals surface area contributed by atoms with Gasteiger partial charge in [0.1, 0.15) is 23.3 Å². The molecule has 2 heterocycles. The number of anilines is 1. The second kappa shape index (κ2) is 6.69. The summed E-state index contributed by atoms with van der Waals surface area (Å²) in [7, 11) is 0. The van der Waals surface area contributed by atoms with Gasteiger partial charge in [0.25, 0.3) is 6.43 Å². The number of rotatable bonds is 4. The number of aryl methyl sites for hydroxylation is 2. The standard InChI is InChI=1S/C16H16F2N4OS/c1-9-6-12(15(17)18)22(21-9)8-14(23)20-16-11(7-19)10-4-2-3-5-13(10)24-16/h6,15H,2-5,8H2,1H3,(H,20,23). The molecule has 5 nitrogen and oxygen atoms in total. The monoisotopic (exact) mass is 350 g/mol. The number of fused-ring (bicyclic) bond motifs is 1. The van der Waals surface area contributed by atoms with Gasteiger partial charge in [-0.2, -0.15) is 10.4 Å². The van der Waals surface area contributed by atoms with Gasteiger partial charge in [-0.25, -0.2) is 8.78 Å². The molecule has 0 saturated carbocycles. The number of amides is 1. The van der Waals surface area contributed by atoms with Gasteiger partial charge in [0, 0.05) is 4.88 Å². The summed E-state index contributed by atoms with van der Waals surface area (Å²) >= 11 is 1.41. The van der Waals surface area contributed by atoms with Crippen molar-refractivity contribution in [3.8, 4) is 6.07 Å². The third-order valence-electron chi connectivity index (χ3n) is 3.99. The van der Waals surface area contributed by atoms with Crippen molar-refractivity contribution in [1.29, 1.82) is 5.26 Å². The highest BCUT2D eigenvalue weighted by molar-refractivity contribution is 7.16. The van der Waals surface area contributed by atoms with E-state index < -0.39 is 12.3 Å². The summed E-state index contributed by atoms with van der Waals surface area (Å²) in [6.07, 6.45) is 1.19. The first kappa shape index (κ1) is 16.6. The minimum Gasteiger partial charge on any atom is -0.315 e. The first-order valence-electron chi connectivity index (χ1n) is 7.66. The molecule has 0 saturated heterocycles. The summed E-state index contributed by atoms with van der Waals surface area (Å²) in [5.41, 5.74) is 1.68. The summed E-state index contributed by atoms with van der Waals surface area (Å²) < 4.78 is 26.9. The highest BCUT2D eigenvalue weighted by Crippen LogP contribution is 2.37. The van der Waals surface area contributed by atoms with Crippen molar-refractivity contribution in [2.75, 3.05) is 5.32 Å². The number of aromatic nitrogens is 2. The van der Waals surface area contributed by atoms with Crippen LogP contribution in [0.4, 0.5) is 13.8 Å². The van der Waals surface area contributed by atoms with E-state index in [1.54, 1.807) is 6.92 Å². The van der Waals surface area contributed by atoms with Crippen LogP contribution in [-0.2, 0) is 24.2 Å². The first-order chi connectivity index (χ1) is 11.5. The molecule has 1 aliphatic rings. The van der Waals surface area contributed by atoms with E-state index in [1.807, 2.05) is 0 Å². The lowest BCUT2D eigenvalue weighted by Gasteiger charge is -2.09. The van der Waals surface area contributed by atoms with E-state index in [-0.39, 0.29) is 12.2 Å². The molecule has 0 radical (unpaired) electrons. The van der Waals surface area contributed by atoms with Crippen molar-refractivity contribution in [3.63, 3.8) is 0 Å². The van der Waals surface area contributed by atoms with Gasteiger partial charge in [-0.15, -0.1) is 11.3 Å². The Morgan fingerprint density at radius 3 is 2.96 bits per heavy atom. The number of hydrogen-bond acceptors (Lipinski definition) is 4. The molecule has 0 aromatic carbocycles. The van der Waals surface area contributed by atoms with Gasteiger partial charge in [0.2, 0.25) is 5.91 Å². The van der Waals surface area contributed by atoms with Crippen LogP contribution in [0.2, 0.25) is 0 Å². The Bertz CT molecular complexity index is 819. The van der Waals surface area contributed by atoms with E-state index in [2.05, 4.69) is 16.5 Å². The minimum absolute atomic E-state index is 0.284. The van der Waals surface area contributed by atoms with Crippen molar-refractivity contribution in [2.45, 2.75) is 45.6 Å². The molecule has 0 unspecified atom stereocenters. The fraction of sp³-hybridized carbons (Fsp3) is 0.438. The molecule has 24 heavy (non-hydrogen) atoms. The predicted octanol–water partition coefficient (Wildman–Crippen LogP) is 3.58. The second-order valence-electron chi connectivity index (χ2n) is 5.74. The van der Waals surface area contributed by atoms with Crippen LogP contribution in [0, 0.1) is 18.3 Å². The largest absolute Gasteiger partial charge is 0.315 e. The third-order valence-corrected chi connectivity index (χ3v) is 5.19. The predicted molar refractivity (Wildman–Crippen MR) is 86.2 cm³/mol. The van der Waals surface area contributed by atoms with Gasteiger partial charge in [0.15, 0.2) is 0 Å².